The van der Waals surface area contributed by atoms with Crippen LogP contribution in [0.15, 0.2) is 17.5 Å². The van der Waals surface area contributed by atoms with Crippen molar-refractivity contribution in [1.82, 2.24) is 9.80 Å². The van der Waals surface area contributed by atoms with Gasteiger partial charge < -0.3 is 15.5 Å². The highest BCUT2D eigenvalue weighted by Crippen LogP contribution is 2.15. The Morgan fingerprint density at radius 2 is 1.86 bits per heavy atom. The lowest BCUT2D eigenvalue weighted by atomic mass is 9.98. The lowest BCUT2D eigenvalue weighted by Gasteiger charge is -2.36. The Morgan fingerprint density at radius 1 is 1.27 bits per heavy atom. The van der Waals surface area contributed by atoms with E-state index in [1.165, 1.54) is 11.3 Å². The van der Waals surface area contributed by atoms with E-state index in [1.807, 2.05) is 36.3 Å². The standard InChI is InChI=1S/C15H23N3O2S.ClH/c1-3-11(2)13(16)15(20)18-8-6-17(7-9-18)14(19)12-5-4-10-21-12;/h4-5,10-11,13H,3,6-9,16H2,1-2H3;1H. The van der Waals surface area contributed by atoms with E-state index in [0.29, 0.717) is 26.2 Å². The minimum atomic E-state index is -0.436. The van der Waals surface area contributed by atoms with Crippen LogP contribution in [-0.2, 0) is 4.79 Å². The monoisotopic (exact) mass is 345 g/mol. The zero-order valence-electron chi connectivity index (χ0n) is 13.0. The first-order valence-electron chi connectivity index (χ1n) is 7.41. The fraction of sp³-hybridized carbons (Fsp3) is 0.600. The van der Waals surface area contributed by atoms with Crippen molar-refractivity contribution in [3.05, 3.63) is 22.4 Å². The van der Waals surface area contributed by atoms with Crippen molar-refractivity contribution in [3.63, 3.8) is 0 Å². The zero-order valence-corrected chi connectivity index (χ0v) is 14.7. The van der Waals surface area contributed by atoms with E-state index in [2.05, 4.69) is 0 Å². The Morgan fingerprint density at radius 3 is 2.36 bits per heavy atom. The molecule has 2 N–H and O–H groups in total. The summed E-state index contributed by atoms with van der Waals surface area (Å²) < 4.78 is 0. The number of thiophene rings is 1. The van der Waals surface area contributed by atoms with E-state index < -0.39 is 6.04 Å². The maximum absolute atomic E-state index is 12.3. The fourth-order valence-corrected chi connectivity index (χ4v) is 3.08. The van der Waals surface area contributed by atoms with Gasteiger partial charge in [0, 0.05) is 26.2 Å². The van der Waals surface area contributed by atoms with E-state index >= 15 is 0 Å². The van der Waals surface area contributed by atoms with Gasteiger partial charge in [0.2, 0.25) is 5.91 Å². The van der Waals surface area contributed by atoms with Crippen molar-refractivity contribution < 1.29 is 9.59 Å². The number of amides is 2. The highest BCUT2D eigenvalue weighted by atomic mass is 35.5. The smallest absolute Gasteiger partial charge is 0.264 e. The van der Waals surface area contributed by atoms with Crippen LogP contribution in [0.2, 0.25) is 0 Å². The molecule has 2 unspecified atom stereocenters. The first-order valence-corrected chi connectivity index (χ1v) is 8.29. The molecule has 0 radical (unpaired) electrons. The van der Waals surface area contributed by atoms with E-state index in [4.69, 9.17) is 5.73 Å². The van der Waals surface area contributed by atoms with Gasteiger partial charge >= 0.3 is 0 Å². The van der Waals surface area contributed by atoms with Crippen molar-refractivity contribution in [2.45, 2.75) is 26.3 Å². The van der Waals surface area contributed by atoms with Gasteiger partial charge in [-0.25, -0.2) is 0 Å². The van der Waals surface area contributed by atoms with E-state index in [9.17, 15) is 9.59 Å². The Kier molecular flexibility index (Phi) is 7.32. The summed E-state index contributed by atoms with van der Waals surface area (Å²) in [6.45, 7) is 6.33. The van der Waals surface area contributed by atoms with Gasteiger partial charge in [0.25, 0.3) is 5.91 Å². The van der Waals surface area contributed by atoms with E-state index in [-0.39, 0.29) is 30.1 Å². The molecule has 2 heterocycles. The number of nitrogens with zero attached hydrogens (tertiary/aromatic N) is 2. The van der Waals surface area contributed by atoms with Gasteiger partial charge in [-0.05, 0) is 17.4 Å². The molecule has 124 valence electrons. The van der Waals surface area contributed by atoms with Crippen LogP contribution in [0.3, 0.4) is 0 Å². The van der Waals surface area contributed by atoms with Crippen LogP contribution in [0, 0.1) is 5.92 Å². The Labute approximate surface area is 141 Å². The molecule has 7 heteroatoms. The molecular weight excluding hydrogens is 322 g/mol. The normalized spacial score (nSPS) is 17.6. The van der Waals surface area contributed by atoms with Crippen LogP contribution in [0.4, 0.5) is 0 Å². The molecule has 5 nitrogen and oxygen atoms in total. The second-order valence-electron chi connectivity index (χ2n) is 5.51. The van der Waals surface area contributed by atoms with Gasteiger partial charge in [-0.2, -0.15) is 0 Å². The van der Waals surface area contributed by atoms with Crippen LogP contribution < -0.4 is 5.73 Å². The van der Waals surface area contributed by atoms with E-state index in [0.717, 1.165) is 11.3 Å². The van der Waals surface area contributed by atoms with Crippen LogP contribution in [0.25, 0.3) is 0 Å². The third-order valence-corrected chi connectivity index (χ3v) is 5.01. The van der Waals surface area contributed by atoms with Gasteiger partial charge in [0.1, 0.15) is 0 Å². The van der Waals surface area contributed by atoms with Crippen LogP contribution in [0.1, 0.15) is 29.9 Å². The molecule has 0 aromatic carbocycles. The van der Waals surface area contributed by atoms with Crippen molar-refractivity contribution in [3.8, 4) is 0 Å². The summed E-state index contributed by atoms with van der Waals surface area (Å²) in [5, 5.41) is 1.90. The maximum Gasteiger partial charge on any atom is 0.264 e. The number of carbonyl (C=O) groups excluding carboxylic acids is 2. The SMILES string of the molecule is CCC(C)C(N)C(=O)N1CCN(C(=O)c2cccs2)CC1.Cl. The van der Waals surface area contributed by atoms with Crippen LogP contribution in [-0.4, -0.2) is 53.8 Å². The number of carbonyl (C=O) groups is 2. The number of nitrogens with two attached hydrogens (primary N) is 1. The predicted molar refractivity (Wildman–Crippen MR) is 91.5 cm³/mol. The predicted octanol–water partition coefficient (Wildman–Crippen LogP) is 1.83. The molecule has 22 heavy (non-hydrogen) atoms. The molecule has 0 bridgehead atoms. The molecule has 1 aromatic rings. The van der Waals surface area contributed by atoms with Crippen molar-refractivity contribution in [2.24, 2.45) is 11.7 Å². The number of hydrogen-bond donors (Lipinski definition) is 1. The molecule has 1 fully saturated rings. The summed E-state index contributed by atoms with van der Waals surface area (Å²) >= 11 is 1.45. The molecule has 1 aromatic heterocycles. The van der Waals surface area contributed by atoms with Crippen molar-refractivity contribution in [2.75, 3.05) is 26.2 Å². The minimum Gasteiger partial charge on any atom is -0.338 e. The average Bonchev–Trinajstić information content (AvgIpc) is 3.06. The number of piperazine rings is 1. The molecule has 2 amide bonds. The highest BCUT2D eigenvalue weighted by Gasteiger charge is 2.29. The number of rotatable bonds is 4. The summed E-state index contributed by atoms with van der Waals surface area (Å²) in [5.41, 5.74) is 6.00. The molecule has 0 saturated carbocycles. The summed E-state index contributed by atoms with van der Waals surface area (Å²) in [7, 11) is 0. The van der Waals surface area contributed by atoms with Crippen LogP contribution in [0.5, 0.6) is 0 Å². The Hall–Kier alpha value is -1.11. The third kappa shape index (κ3) is 4.21. The third-order valence-electron chi connectivity index (χ3n) is 4.15. The molecule has 0 aliphatic carbocycles. The second-order valence-corrected chi connectivity index (χ2v) is 6.45. The maximum atomic E-state index is 12.3. The quantitative estimate of drug-likeness (QED) is 0.905. The van der Waals surface area contributed by atoms with Gasteiger partial charge in [0.15, 0.2) is 0 Å². The summed E-state index contributed by atoms with van der Waals surface area (Å²) in [6.07, 6.45) is 0.893. The Balaban J connectivity index is 0.00000242. The highest BCUT2D eigenvalue weighted by molar-refractivity contribution is 7.12. The van der Waals surface area contributed by atoms with Gasteiger partial charge in [-0.3, -0.25) is 9.59 Å². The molecule has 2 rings (SSSR count). The van der Waals surface area contributed by atoms with Crippen molar-refractivity contribution >= 4 is 35.6 Å². The van der Waals surface area contributed by atoms with Gasteiger partial charge in [-0.1, -0.05) is 26.3 Å². The minimum absolute atomic E-state index is 0. The summed E-state index contributed by atoms with van der Waals surface area (Å²) in [4.78, 5) is 28.9. The largest absolute Gasteiger partial charge is 0.338 e. The first-order chi connectivity index (χ1) is 10.0. The molecule has 2 atom stereocenters. The molecule has 1 saturated heterocycles. The van der Waals surface area contributed by atoms with Crippen molar-refractivity contribution in [1.29, 1.82) is 0 Å². The molecule has 1 aliphatic heterocycles. The first kappa shape index (κ1) is 18.9. The zero-order chi connectivity index (χ0) is 15.4. The lowest BCUT2D eigenvalue weighted by Crippen LogP contribution is -2.55. The summed E-state index contributed by atoms with van der Waals surface area (Å²) in [6, 6.07) is 3.28. The Bertz CT molecular complexity index is 487. The average molecular weight is 346 g/mol. The molecule has 1 aliphatic rings. The lowest BCUT2D eigenvalue weighted by molar-refractivity contribution is -0.135. The number of halogens is 1. The van der Waals surface area contributed by atoms with E-state index in [1.54, 1.807) is 4.90 Å². The second kappa shape index (κ2) is 8.50. The molecular formula is C15H24ClN3O2S. The van der Waals surface area contributed by atoms with Gasteiger partial charge in [0.05, 0.1) is 10.9 Å². The molecule has 0 spiro atoms. The van der Waals surface area contributed by atoms with Crippen LogP contribution >= 0.6 is 23.7 Å². The topological polar surface area (TPSA) is 66.6 Å². The summed E-state index contributed by atoms with van der Waals surface area (Å²) in [5.74, 6) is 0.249. The van der Waals surface area contributed by atoms with Gasteiger partial charge in [-0.15, -0.1) is 23.7 Å². The number of hydrogen-bond acceptors (Lipinski definition) is 4. The fourth-order valence-electron chi connectivity index (χ4n) is 2.39.